The van der Waals surface area contributed by atoms with Crippen LogP contribution in [0.25, 0.3) is 10.9 Å². The smallest absolute Gasteiger partial charge is 0.270 e. The number of anilines is 1. The number of fused-ring (bicyclic) bond motifs is 1. The van der Waals surface area contributed by atoms with Gasteiger partial charge in [-0.2, -0.15) is 0 Å². The van der Waals surface area contributed by atoms with Gasteiger partial charge in [-0.15, -0.1) is 0 Å². The van der Waals surface area contributed by atoms with E-state index in [2.05, 4.69) is 4.98 Å². The van der Waals surface area contributed by atoms with Gasteiger partial charge in [0, 0.05) is 61.6 Å². The summed E-state index contributed by atoms with van der Waals surface area (Å²) < 4.78 is 1.81. The van der Waals surface area contributed by atoms with Crippen LogP contribution in [-0.4, -0.2) is 51.5 Å². The molecule has 150 valence electrons. The van der Waals surface area contributed by atoms with E-state index in [1.807, 2.05) is 9.47 Å². The van der Waals surface area contributed by atoms with Crippen LogP contribution in [-0.2, 0) is 11.3 Å². The van der Waals surface area contributed by atoms with Gasteiger partial charge in [0.25, 0.3) is 5.69 Å². The van der Waals surface area contributed by atoms with E-state index >= 15 is 0 Å². The molecule has 0 atom stereocenters. The number of benzene rings is 1. The maximum atomic E-state index is 12.8. The zero-order chi connectivity index (χ0) is 20.5. The highest BCUT2D eigenvalue weighted by molar-refractivity contribution is 6.36. The van der Waals surface area contributed by atoms with Gasteiger partial charge in [0.05, 0.1) is 15.0 Å². The number of nitrogens with zero attached hydrogens (tertiary/aromatic N) is 5. The molecule has 0 unspecified atom stereocenters. The summed E-state index contributed by atoms with van der Waals surface area (Å²) in [6.45, 7) is 2.55. The number of nitro groups is 1. The molecule has 3 heterocycles. The molecule has 0 spiro atoms. The predicted octanol–water partition coefficient (Wildman–Crippen LogP) is 3.60. The van der Waals surface area contributed by atoms with Crippen LogP contribution < -0.4 is 4.90 Å². The topological polar surface area (TPSA) is 84.5 Å². The second-order valence-electron chi connectivity index (χ2n) is 6.77. The Labute approximate surface area is 176 Å². The van der Waals surface area contributed by atoms with Crippen LogP contribution in [0.3, 0.4) is 0 Å². The van der Waals surface area contributed by atoms with Crippen molar-refractivity contribution < 1.29 is 9.72 Å². The molecule has 1 amide bonds. The monoisotopic (exact) mass is 433 g/mol. The van der Waals surface area contributed by atoms with E-state index in [1.54, 1.807) is 35.5 Å². The molecule has 0 saturated carbocycles. The number of pyridine rings is 1. The Hall–Kier alpha value is -2.84. The number of non-ortho nitro benzene ring substituents is 1. The molecule has 8 nitrogen and oxygen atoms in total. The highest BCUT2D eigenvalue weighted by atomic mass is 35.5. The molecule has 0 N–H and O–H groups in total. The van der Waals surface area contributed by atoms with Crippen LogP contribution in [0.2, 0.25) is 10.0 Å². The highest BCUT2D eigenvalue weighted by Gasteiger charge is 2.23. The molecule has 0 radical (unpaired) electrons. The molecule has 0 bridgehead atoms. The van der Waals surface area contributed by atoms with Gasteiger partial charge in [-0.1, -0.05) is 23.2 Å². The summed E-state index contributed by atoms with van der Waals surface area (Å²) >= 11 is 12.1. The van der Waals surface area contributed by atoms with Crippen molar-refractivity contribution >= 4 is 51.5 Å². The number of nitro benzene ring substituents is 1. The minimum Gasteiger partial charge on any atom is -0.352 e. The molecule has 29 heavy (non-hydrogen) atoms. The average Bonchev–Trinajstić information content (AvgIpc) is 3.10. The van der Waals surface area contributed by atoms with Gasteiger partial charge < -0.3 is 14.4 Å². The molecular weight excluding hydrogens is 417 g/mol. The fourth-order valence-corrected chi connectivity index (χ4v) is 3.99. The quantitative estimate of drug-likeness (QED) is 0.463. The van der Waals surface area contributed by atoms with Gasteiger partial charge in [0.15, 0.2) is 0 Å². The van der Waals surface area contributed by atoms with Gasteiger partial charge in [0.2, 0.25) is 5.91 Å². The summed E-state index contributed by atoms with van der Waals surface area (Å²) in [6.07, 6.45) is 3.34. The third-order valence-corrected chi connectivity index (χ3v) is 5.48. The van der Waals surface area contributed by atoms with Gasteiger partial charge in [-0.3, -0.25) is 14.9 Å². The summed E-state index contributed by atoms with van der Waals surface area (Å²) in [6, 6.07) is 8.07. The minimum atomic E-state index is -0.427. The SMILES string of the molecule is O=C(Cn1ccc2cc([N+](=O)[O-])ccc21)N1CCN(c2ncc(Cl)cc2Cl)CC1. The van der Waals surface area contributed by atoms with Crippen LogP contribution in [0, 0.1) is 10.1 Å². The highest BCUT2D eigenvalue weighted by Crippen LogP contribution is 2.27. The van der Waals surface area contributed by atoms with E-state index in [1.165, 1.54) is 12.1 Å². The van der Waals surface area contributed by atoms with E-state index in [0.717, 1.165) is 10.9 Å². The third-order valence-electron chi connectivity index (χ3n) is 4.99. The number of hydrogen-bond acceptors (Lipinski definition) is 5. The average molecular weight is 434 g/mol. The van der Waals surface area contributed by atoms with Crippen LogP contribution in [0.5, 0.6) is 0 Å². The first-order chi connectivity index (χ1) is 13.9. The number of amides is 1. The Balaban J connectivity index is 1.41. The van der Waals surface area contributed by atoms with Crippen LogP contribution >= 0.6 is 23.2 Å². The summed E-state index contributed by atoms with van der Waals surface area (Å²) in [5.41, 5.74) is 0.826. The predicted molar refractivity (Wildman–Crippen MR) is 112 cm³/mol. The van der Waals surface area contributed by atoms with E-state index in [-0.39, 0.29) is 18.1 Å². The van der Waals surface area contributed by atoms with Crippen LogP contribution in [0.15, 0.2) is 42.7 Å². The van der Waals surface area contributed by atoms with Gasteiger partial charge in [0.1, 0.15) is 12.4 Å². The van der Waals surface area contributed by atoms with Gasteiger partial charge >= 0.3 is 0 Å². The molecule has 1 aliphatic heterocycles. The maximum absolute atomic E-state index is 12.8. The minimum absolute atomic E-state index is 0.00401. The van der Waals surface area contributed by atoms with E-state index < -0.39 is 4.92 Å². The molecule has 4 rings (SSSR count). The Morgan fingerprint density at radius 3 is 2.59 bits per heavy atom. The molecule has 10 heteroatoms. The maximum Gasteiger partial charge on any atom is 0.270 e. The summed E-state index contributed by atoms with van der Waals surface area (Å²) in [4.78, 5) is 31.4. The lowest BCUT2D eigenvalue weighted by atomic mass is 10.2. The summed E-state index contributed by atoms with van der Waals surface area (Å²) in [5, 5.41) is 12.6. The number of halogens is 2. The number of carbonyl (C=O) groups is 1. The van der Waals surface area contributed by atoms with Crippen LogP contribution in [0.4, 0.5) is 11.5 Å². The normalized spacial score (nSPS) is 14.4. The number of carbonyl (C=O) groups excluding carboxylic acids is 1. The number of piperazine rings is 1. The second-order valence-corrected chi connectivity index (χ2v) is 7.61. The lowest BCUT2D eigenvalue weighted by Gasteiger charge is -2.35. The van der Waals surface area contributed by atoms with E-state index in [0.29, 0.717) is 42.0 Å². The fourth-order valence-electron chi connectivity index (χ4n) is 3.49. The zero-order valence-corrected chi connectivity index (χ0v) is 16.8. The molecule has 1 saturated heterocycles. The number of rotatable bonds is 4. The largest absolute Gasteiger partial charge is 0.352 e. The van der Waals surface area contributed by atoms with Crippen molar-refractivity contribution in [1.29, 1.82) is 0 Å². The first kappa shape index (κ1) is 19.5. The second kappa shape index (κ2) is 7.88. The van der Waals surface area contributed by atoms with Crippen molar-refractivity contribution in [2.24, 2.45) is 0 Å². The third kappa shape index (κ3) is 3.99. The van der Waals surface area contributed by atoms with Crippen LogP contribution in [0.1, 0.15) is 0 Å². The van der Waals surface area contributed by atoms with Crippen molar-refractivity contribution in [2.45, 2.75) is 6.54 Å². The van der Waals surface area contributed by atoms with Crippen molar-refractivity contribution in [3.63, 3.8) is 0 Å². The Morgan fingerprint density at radius 2 is 1.90 bits per heavy atom. The Kier molecular flexibility index (Phi) is 5.29. The molecule has 1 aromatic carbocycles. The van der Waals surface area contributed by atoms with E-state index in [9.17, 15) is 14.9 Å². The fraction of sp³-hybridized carbons (Fsp3) is 0.263. The Morgan fingerprint density at radius 1 is 1.14 bits per heavy atom. The van der Waals surface area contributed by atoms with Gasteiger partial charge in [-0.25, -0.2) is 4.98 Å². The standard InChI is InChI=1S/C19H17Cl2N5O3/c20-14-10-16(21)19(22-11-14)24-7-5-23(6-8-24)18(27)12-25-4-3-13-9-15(26(28)29)1-2-17(13)25/h1-4,9-11H,5-8,12H2. The van der Waals surface area contributed by atoms with Gasteiger partial charge in [-0.05, 0) is 18.2 Å². The zero-order valence-electron chi connectivity index (χ0n) is 15.3. The molecule has 2 aromatic heterocycles. The summed E-state index contributed by atoms with van der Waals surface area (Å²) in [5.74, 6) is 0.664. The molecular formula is C19H17Cl2N5O3. The first-order valence-electron chi connectivity index (χ1n) is 8.99. The molecule has 1 fully saturated rings. The number of hydrogen-bond donors (Lipinski definition) is 0. The molecule has 0 aliphatic carbocycles. The van der Waals surface area contributed by atoms with Crippen molar-refractivity contribution in [1.82, 2.24) is 14.5 Å². The lowest BCUT2D eigenvalue weighted by molar-refractivity contribution is -0.384. The van der Waals surface area contributed by atoms with E-state index in [4.69, 9.17) is 23.2 Å². The lowest BCUT2D eigenvalue weighted by Crippen LogP contribution is -2.49. The van der Waals surface area contributed by atoms with Crippen molar-refractivity contribution in [3.05, 3.63) is 62.9 Å². The Bertz CT molecular complexity index is 1090. The summed E-state index contributed by atoms with van der Waals surface area (Å²) in [7, 11) is 0. The first-order valence-corrected chi connectivity index (χ1v) is 9.75. The van der Waals surface area contributed by atoms with Crippen molar-refractivity contribution in [3.8, 4) is 0 Å². The molecule has 3 aromatic rings. The number of aromatic nitrogens is 2. The van der Waals surface area contributed by atoms with Crippen molar-refractivity contribution in [2.75, 3.05) is 31.1 Å². The molecule has 1 aliphatic rings.